The molecule has 2 heterocycles. The fraction of sp³-hybridized carbons (Fsp3) is 0.524. The molecule has 9 heteroatoms. The van der Waals surface area contributed by atoms with Gasteiger partial charge in [-0.15, -0.1) is 0 Å². The summed E-state index contributed by atoms with van der Waals surface area (Å²) in [7, 11) is 0. The lowest BCUT2D eigenvalue weighted by molar-refractivity contribution is -0.383. The quantitative estimate of drug-likeness (QED) is 0.519. The van der Waals surface area contributed by atoms with E-state index in [1.807, 2.05) is 24.8 Å². The third-order valence-electron chi connectivity index (χ3n) is 5.13. The zero-order valence-electron chi connectivity index (χ0n) is 18.0. The summed E-state index contributed by atoms with van der Waals surface area (Å²) in [5, 5.41) is 15.0. The van der Waals surface area contributed by atoms with Gasteiger partial charge in [0.2, 0.25) is 11.6 Å². The molecule has 1 aromatic carbocycles. The molecule has 1 fully saturated rings. The standard InChI is InChI=1S/C21H30N6O3/c1-5-25(18-8-6-7-15(2)11-18)10-9-22-20-19(27(28)29)21(24-14-23-20)26-12-16(3)30-17(4)13-26/h6-8,11,14,16-17H,5,9-10,12-13H2,1-4H3,(H,22,23,24). The number of benzene rings is 1. The Morgan fingerprint density at radius 2 is 2.03 bits per heavy atom. The van der Waals surface area contributed by atoms with E-state index >= 15 is 0 Å². The van der Waals surface area contributed by atoms with Gasteiger partial charge in [0, 0.05) is 38.4 Å². The number of anilines is 3. The summed E-state index contributed by atoms with van der Waals surface area (Å²) in [5.41, 5.74) is 2.25. The van der Waals surface area contributed by atoms with Crippen molar-refractivity contribution in [3.63, 3.8) is 0 Å². The first kappa shape index (κ1) is 21.8. The number of nitro groups is 1. The van der Waals surface area contributed by atoms with Crippen molar-refractivity contribution in [1.29, 1.82) is 0 Å². The Morgan fingerprint density at radius 3 is 2.67 bits per heavy atom. The van der Waals surface area contributed by atoms with Gasteiger partial charge in [0.25, 0.3) is 0 Å². The predicted molar refractivity (Wildman–Crippen MR) is 118 cm³/mol. The number of aryl methyl sites for hydroxylation is 1. The molecule has 162 valence electrons. The van der Waals surface area contributed by atoms with Crippen LogP contribution >= 0.6 is 0 Å². The van der Waals surface area contributed by atoms with E-state index in [0.29, 0.717) is 32.0 Å². The van der Waals surface area contributed by atoms with Gasteiger partial charge < -0.3 is 19.9 Å². The molecule has 0 spiro atoms. The maximum atomic E-state index is 11.9. The molecular weight excluding hydrogens is 384 g/mol. The molecule has 0 radical (unpaired) electrons. The lowest BCUT2D eigenvalue weighted by atomic mass is 10.2. The van der Waals surface area contributed by atoms with Gasteiger partial charge in [0.05, 0.1) is 17.1 Å². The Kier molecular flexibility index (Phi) is 7.04. The zero-order chi connectivity index (χ0) is 21.7. The molecule has 1 aliphatic rings. The second-order valence-electron chi connectivity index (χ2n) is 7.66. The number of nitrogens with one attached hydrogen (secondary N) is 1. The smallest absolute Gasteiger partial charge is 0.353 e. The van der Waals surface area contributed by atoms with Crippen molar-refractivity contribution in [2.24, 2.45) is 0 Å². The number of hydrogen-bond donors (Lipinski definition) is 1. The lowest BCUT2D eigenvalue weighted by Crippen LogP contribution is -2.46. The van der Waals surface area contributed by atoms with E-state index in [9.17, 15) is 10.1 Å². The highest BCUT2D eigenvalue weighted by atomic mass is 16.6. The Balaban J connectivity index is 1.75. The molecular formula is C21H30N6O3. The summed E-state index contributed by atoms with van der Waals surface area (Å²) < 4.78 is 5.75. The molecule has 2 unspecified atom stereocenters. The van der Waals surface area contributed by atoms with Crippen molar-refractivity contribution < 1.29 is 9.66 Å². The van der Waals surface area contributed by atoms with E-state index in [1.165, 1.54) is 11.9 Å². The van der Waals surface area contributed by atoms with E-state index in [2.05, 4.69) is 52.2 Å². The molecule has 1 aliphatic heterocycles. The van der Waals surface area contributed by atoms with Gasteiger partial charge >= 0.3 is 5.69 Å². The van der Waals surface area contributed by atoms with Gasteiger partial charge in [-0.1, -0.05) is 12.1 Å². The SMILES string of the molecule is CCN(CCNc1ncnc(N2CC(C)OC(C)C2)c1[N+](=O)[O-])c1cccc(C)c1. The third kappa shape index (κ3) is 5.15. The molecule has 1 saturated heterocycles. The summed E-state index contributed by atoms with van der Waals surface area (Å²) in [6.45, 7) is 11.2. The summed E-state index contributed by atoms with van der Waals surface area (Å²) in [6.07, 6.45) is 1.34. The van der Waals surface area contributed by atoms with Crippen molar-refractivity contribution in [2.45, 2.75) is 39.9 Å². The molecule has 1 N–H and O–H groups in total. The first-order valence-corrected chi connectivity index (χ1v) is 10.3. The highest BCUT2D eigenvalue weighted by Crippen LogP contribution is 2.33. The van der Waals surface area contributed by atoms with Gasteiger partial charge in [0.1, 0.15) is 6.33 Å². The maximum absolute atomic E-state index is 11.9. The number of rotatable bonds is 8. The molecule has 2 atom stereocenters. The van der Waals surface area contributed by atoms with Crippen LogP contribution in [0, 0.1) is 17.0 Å². The minimum Gasteiger partial charge on any atom is -0.372 e. The number of ether oxygens (including phenoxy) is 1. The van der Waals surface area contributed by atoms with E-state index in [4.69, 9.17) is 4.74 Å². The van der Waals surface area contributed by atoms with Crippen LogP contribution in [0.5, 0.6) is 0 Å². The van der Waals surface area contributed by atoms with Gasteiger partial charge in [-0.25, -0.2) is 9.97 Å². The van der Waals surface area contributed by atoms with Crippen LogP contribution in [0.1, 0.15) is 26.3 Å². The van der Waals surface area contributed by atoms with E-state index in [-0.39, 0.29) is 23.7 Å². The van der Waals surface area contributed by atoms with Gasteiger partial charge in [0.15, 0.2) is 0 Å². The Labute approximate surface area is 177 Å². The molecule has 0 amide bonds. The lowest BCUT2D eigenvalue weighted by Gasteiger charge is -2.35. The normalized spacial score (nSPS) is 18.9. The number of aromatic nitrogens is 2. The van der Waals surface area contributed by atoms with Crippen LogP contribution in [-0.4, -0.2) is 59.8 Å². The molecule has 0 aliphatic carbocycles. The summed E-state index contributed by atoms with van der Waals surface area (Å²) in [4.78, 5) is 24.0. The second kappa shape index (κ2) is 9.71. The average Bonchev–Trinajstić information content (AvgIpc) is 2.70. The van der Waals surface area contributed by atoms with Gasteiger partial charge in [-0.3, -0.25) is 10.1 Å². The molecule has 0 bridgehead atoms. The molecule has 30 heavy (non-hydrogen) atoms. The number of likely N-dealkylation sites (N-methyl/N-ethyl adjacent to an activating group) is 1. The average molecular weight is 415 g/mol. The van der Waals surface area contributed by atoms with Gasteiger partial charge in [-0.2, -0.15) is 0 Å². The number of hydrogen-bond acceptors (Lipinski definition) is 8. The minimum absolute atomic E-state index is 0.0211. The summed E-state index contributed by atoms with van der Waals surface area (Å²) in [5.74, 6) is 0.586. The summed E-state index contributed by atoms with van der Waals surface area (Å²) >= 11 is 0. The van der Waals surface area contributed by atoms with Crippen LogP contribution in [0.2, 0.25) is 0 Å². The van der Waals surface area contributed by atoms with Crippen molar-refractivity contribution in [3.8, 4) is 0 Å². The van der Waals surface area contributed by atoms with Crippen LogP contribution in [-0.2, 0) is 4.74 Å². The Morgan fingerprint density at radius 1 is 1.30 bits per heavy atom. The van der Waals surface area contributed by atoms with Crippen LogP contribution in [0.25, 0.3) is 0 Å². The minimum atomic E-state index is -0.402. The predicted octanol–water partition coefficient (Wildman–Crippen LogP) is 3.25. The summed E-state index contributed by atoms with van der Waals surface area (Å²) in [6, 6.07) is 8.30. The molecule has 1 aromatic heterocycles. The maximum Gasteiger partial charge on any atom is 0.353 e. The largest absolute Gasteiger partial charge is 0.372 e. The number of nitrogens with zero attached hydrogens (tertiary/aromatic N) is 5. The fourth-order valence-electron chi connectivity index (χ4n) is 3.85. The first-order valence-electron chi connectivity index (χ1n) is 10.3. The fourth-order valence-corrected chi connectivity index (χ4v) is 3.85. The van der Waals surface area contributed by atoms with Crippen LogP contribution in [0.3, 0.4) is 0 Å². The molecule has 2 aromatic rings. The van der Waals surface area contributed by atoms with Crippen molar-refractivity contribution >= 4 is 23.0 Å². The van der Waals surface area contributed by atoms with Crippen LogP contribution in [0.4, 0.5) is 23.0 Å². The molecule has 0 saturated carbocycles. The van der Waals surface area contributed by atoms with Gasteiger partial charge in [-0.05, 0) is 45.4 Å². The Hall–Kier alpha value is -2.94. The van der Waals surface area contributed by atoms with Crippen molar-refractivity contribution in [2.75, 3.05) is 47.8 Å². The zero-order valence-corrected chi connectivity index (χ0v) is 18.0. The number of morpholine rings is 1. The van der Waals surface area contributed by atoms with Crippen molar-refractivity contribution in [3.05, 3.63) is 46.3 Å². The molecule has 3 rings (SSSR count). The highest BCUT2D eigenvalue weighted by Gasteiger charge is 2.31. The third-order valence-corrected chi connectivity index (χ3v) is 5.13. The van der Waals surface area contributed by atoms with E-state index in [1.54, 1.807) is 0 Å². The Bertz CT molecular complexity index is 868. The monoisotopic (exact) mass is 414 g/mol. The van der Waals surface area contributed by atoms with Crippen molar-refractivity contribution in [1.82, 2.24) is 9.97 Å². The van der Waals surface area contributed by atoms with E-state index in [0.717, 1.165) is 12.2 Å². The second-order valence-corrected chi connectivity index (χ2v) is 7.66. The van der Waals surface area contributed by atoms with E-state index < -0.39 is 4.92 Å². The first-order chi connectivity index (χ1) is 14.4. The molecule has 9 nitrogen and oxygen atoms in total. The van der Waals surface area contributed by atoms with Crippen LogP contribution < -0.4 is 15.1 Å². The van der Waals surface area contributed by atoms with Crippen LogP contribution in [0.15, 0.2) is 30.6 Å². The topological polar surface area (TPSA) is 96.7 Å². The highest BCUT2D eigenvalue weighted by molar-refractivity contribution is 5.70.